The second kappa shape index (κ2) is 5.05. The van der Waals surface area contributed by atoms with Gasteiger partial charge in [0.05, 0.1) is 15.1 Å². The Morgan fingerprint density at radius 3 is 2.85 bits per heavy atom. The van der Waals surface area contributed by atoms with Crippen LogP contribution in [-0.2, 0) is 0 Å². The summed E-state index contributed by atoms with van der Waals surface area (Å²) < 4.78 is 13.9. The number of hydrogen-bond acceptors (Lipinski definition) is 3. The molecule has 0 spiro atoms. The predicted octanol–water partition coefficient (Wildman–Crippen LogP) is 3.18. The fourth-order valence-electron chi connectivity index (χ4n) is 1.98. The van der Waals surface area contributed by atoms with E-state index in [1.165, 1.54) is 23.5 Å². The highest BCUT2D eigenvalue weighted by Crippen LogP contribution is 2.33. The number of rotatable bonds is 3. The van der Waals surface area contributed by atoms with Crippen molar-refractivity contribution in [3.63, 3.8) is 0 Å². The Labute approximate surface area is 118 Å². The smallest absolute Gasteiger partial charge is 0.261 e. The van der Waals surface area contributed by atoms with E-state index in [-0.39, 0.29) is 11.7 Å². The van der Waals surface area contributed by atoms with Crippen LogP contribution in [0.4, 0.5) is 4.39 Å². The average Bonchev–Trinajstić information content (AvgIpc) is 3.00. The molecular weight excluding hydrogens is 277 g/mol. The quantitative estimate of drug-likeness (QED) is 0.778. The SMILES string of the molecule is CCNC(=O)c1cc2[nH]nc(-c3ccc(F)cc3)c2s1. The molecule has 3 aromatic rings. The van der Waals surface area contributed by atoms with Gasteiger partial charge in [-0.05, 0) is 37.3 Å². The van der Waals surface area contributed by atoms with E-state index in [1.807, 2.05) is 6.92 Å². The summed E-state index contributed by atoms with van der Waals surface area (Å²) >= 11 is 1.38. The largest absolute Gasteiger partial charge is 0.352 e. The maximum Gasteiger partial charge on any atom is 0.261 e. The van der Waals surface area contributed by atoms with Gasteiger partial charge in [0.1, 0.15) is 11.5 Å². The maximum absolute atomic E-state index is 13.0. The van der Waals surface area contributed by atoms with Crippen molar-refractivity contribution in [2.75, 3.05) is 6.54 Å². The second-order valence-corrected chi connectivity index (χ2v) is 5.34. The standard InChI is InChI=1S/C14H12FN3OS/c1-2-16-14(19)11-7-10-13(20-11)12(18-17-10)8-3-5-9(15)6-4-8/h3-7H,2H2,1H3,(H,16,19)(H,17,18). The van der Waals surface area contributed by atoms with Crippen LogP contribution in [0.5, 0.6) is 0 Å². The molecule has 1 aromatic carbocycles. The first-order valence-corrected chi connectivity index (χ1v) is 7.02. The van der Waals surface area contributed by atoms with E-state index >= 15 is 0 Å². The Balaban J connectivity index is 2.04. The Morgan fingerprint density at radius 2 is 2.15 bits per heavy atom. The van der Waals surface area contributed by atoms with E-state index in [9.17, 15) is 9.18 Å². The molecule has 0 unspecified atom stereocenters. The van der Waals surface area contributed by atoms with E-state index in [0.717, 1.165) is 21.5 Å². The first kappa shape index (κ1) is 12.8. The van der Waals surface area contributed by atoms with Crippen molar-refractivity contribution < 1.29 is 9.18 Å². The van der Waals surface area contributed by atoms with E-state index in [4.69, 9.17) is 0 Å². The minimum Gasteiger partial charge on any atom is -0.352 e. The number of thiophene rings is 1. The normalized spacial score (nSPS) is 10.9. The lowest BCUT2D eigenvalue weighted by Crippen LogP contribution is -2.21. The fourth-order valence-corrected chi connectivity index (χ4v) is 3.02. The topological polar surface area (TPSA) is 57.8 Å². The molecule has 0 bridgehead atoms. The van der Waals surface area contributed by atoms with E-state index < -0.39 is 0 Å². The van der Waals surface area contributed by atoms with Crippen LogP contribution in [0.3, 0.4) is 0 Å². The van der Waals surface area contributed by atoms with Crippen LogP contribution >= 0.6 is 11.3 Å². The lowest BCUT2D eigenvalue weighted by molar-refractivity contribution is 0.0960. The van der Waals surface area contributed by atoms with Gasteiger partial charge in [-0.15, -0.1) is 11.3 Å². The van der Waals surface area contributed by atoms with Crippen molar-refractivity contribution in [1.29, 1.82) is 0 Å². The molecule has 0 saturated heterocycles. The van der Waals surface area contributed by atoms with E-state index in [2.05, 4.69) is 15.5 Å². The summed E-state index contributed by atoms with van der Waals surface area (Å²) in [4.78, 5) is 12.5. The van der Waals surface area contributed by atoms with E-state index in [0.29, 0.717) is 11.4 Å². The van der Waals surface area contributed by atoms with Gasteiger partial charge in [-0.25, -0.2) is 4.39 Å². The zero-order valence-electron chi connectivity index (χ0n) is 10.7. The molecule has 4 nitrogen and oxygen atoms in total. The third kappa shape index (κ3) is 2.18. The number of fused-ring (bicyclic) bond motifs is 1. The number of nitrogens with one attached hydrogen (secondary N) is 2. The monoisotopic (exact) mass is 289 g/mol. The number of amides is 1. The molecule has 3 rings (SSSR count). The van der Waals surface area contributed by atoms with Crippen molar-refractivity contribution >= 4 is 27.5 Å². The minimum atomic E-state index is -0.283. The van der Waals surface area contributed by atoms with Gasteiger partial charge in [0.15, 0.2) is 0 Å². The third-order valence-corrected chi connectivity index (χ3v) is 4.05. The molecule has 0 atom stereocenters. The molecular formula is C14H12FN3OS. The molecule has 2 N–H and O–H groups in total. The molecule has 0 aliphatic heterocycles. The minimum absolute atomic E-state index is 0.0906. The van der Waals surface area contributed by atoms with Crippen molar-refractivity contribution in [3.05, 3.63) is 41.0 Å². The van der Waals surface area contributed by atoms with Gasteiger partial charge in [0.25, 0.3) is 5.91 Å². The molecule has 0 aliphatic rings. The summed E-state index contributed by atoms with van der Waals surface area (Å²) in [6.45, 7) is 2.47. The molecule has 1 amide bonds. The van der Waals surface area contributed by atoms with Crippen LogP contribution in [0.15, 0.2) is 30.3 Å². The van der Waals surface area contributed by atoms with Gasteiger partial charge in [-0.2, -0.15) is 5.10 Å². The Kier molecular flexibility index (Phi) is 3.23. The first-order chi connectivity index (χ1) is 9.69. The number of benzene rings is 1. The number of aromatic nitrogens is 2. The number of nitrogens with zero attached hydrogens (tertiary/aromatic N) is 1. The van der Waals surface area contributed by atoms with Crippen molar-refractivity contribution in [2.45, 2.75) is 6.92 Å². The number of halogens is 1. The highest BCUT2D eigenvalue weighted by Gasteiger charge is 2.15. The molecule has 20 heavy (non-hydrogen) atoms. The van der Waals surface area contributed by atoms with Crippen LogP contribution in [0.2, 0.25) is 0 Å². The van der Waals surface area contributed by atoms with Gasteiger partial charge in [0, 0.05) is 12.1 Å². The van der Waals surface area contributed by atoms with Crippen LogP contribution in [-0.4, -0.2) is 22.6 Å². The van der Waals surface area contributed by atoms with Crippen LogP contribution < -0.4 is 5.32 Å². The van der Waals surface area contributed by atoms with Gasteiger partial charge in [-0.3, -0.25) is 9.89 Å². The molecule has 0 saturated carbocycles. The van der Waals surface area contributed by atoms with Crippen molar-refractivity contribution in [2.24, 2.45) is 0 Å². The van der Waals surface area contributed by atoms with Gasteiger partial charge < -0.3 is 5.32 Å². The van der Waals surface area contributed by atoms with Crippen LogP contribution in [0, 0.1) is 5.82 Å². The first-order valence-electron chi connectivity index (χ1n) is 6.21. The van der Waals surface area contributed by atoms with Crippen LogP contribution in [0.25, 0.3) is 21.5 Å². The zero-order chi connectivity index (χ0) is 14.1. The van der Waals surface area contributed by atoms with Gasteiger partial charge in [0.2, 0.25) is 0 Å². The van der Waals surface area contributed by atoms with E-state index in [1.54, 1.807) is 18.2 Å². The second-order valence-electron chi connectivity index (χ2n) is 4.29. The highest BCUT2D eigenvalue weighted by atomic mass is 32.1. The Hall–Kier alpha value is -2.21. The number of carbonyl (C=O) groups is 1. The van der Waals surface area contributed by atoms with Crippen LogP contribution in [0.1, 0.15) is 16.6 Å². The van der Waals surface area contributed by atoms with Gasteiger partial charge in [-0.1, -0.05) is 0 Å². The lowest BCUT2D eigenvalue weighted by atomic mass is 10.1. The summed E-state index contributed by atoms with van der Waals surface area (Å²) in [6, 6.07) is 7.93. The molecule has 102 valence electrons. The summed E-state index contributed by atoms with van der Waals surface area (Å²) in [7, 11) is 0. The molecule has 0 fully saturated rings. The zero-order valence-corrected chi connectivity index (χ0v) is 11.6. The Bertz CT molecular complexity index is 760. The fraction of sp³-hybridized carbons (Fsp3) is 0.143. The number of hydrogen-bond donors (Lipinski definition) is 2. The summed E-state index contributed by atoms with van der Waals surface area (Å²) in [5.41, 5.74) is 2.37. The number of H-pyrrole nitrogens is 1. The average molecular weight is 289 g/mol. The highest BCUT2D eigenvalue weighted by molar-refractivity contribution is 7.21. The molecule has 6 heteroatoms. The Morgan fingerprint density at radius 1 is 1.40 bits per heavy atom. The molecule has 2 aromatic heterocycles. The lowest BCUT2D eigenvalue weighted by Gasteiger charge is -1.97. The number of carbonyl (C=O) groups excluding carboxylic acids is 1. The van der Waals surface area contributed by atoms with Crippen molar-refractivity contribution in [1.82, 2.24) is 15.5 Å². The van der Waals surface area contributed by atoms with Gasteiger partial charge >= 0.3 is 0 Å². The number of aromatic amines is 1. The van der Waals surface area contributed by atoms with Crippen molar-refractivity contribution in [3.8, 4) is 11.3 Å². The molecule has 2 heterocycles. The molecule has 0 aliphatic carbocycles. The third-order valence-electron chi connectivity index (χ3n) is 2.91. The predicted molar refractivity (Wildman–Crippen MR) is 77.4 cm³/mol. The summed E-state index contributed by atoms with van der Waals surface area (Å²) in [6.07, 6.45) is 0. The summed E-state index contributed by atoms with van der Waals surface area (Å²) in [5, 5.41) is 9.91. The maximum atomic E-state index is 13.0. The molecule has 0 radical (unpaired) electrons. The summed E-state index contributed by atoms with van der Waals surface area (Å²) in [5.74, 6) is -0.373.